The predicted molar refractivity (Wildman–Crippen MR) is 91.1 cm³/mol. The Morgan fingerprint density at radius 1 is 0.917 bits per heavy atom. The highest BCUT2D eigenvalue weighted by Crippen LogP contribution is 2.26. The summed E-state index contributed by atoms with van der Waals surface area (Å²) in [6.07, 6.45) is 0. The molecular weight excluding hydrogens is 334 g/mol. The molecule has 0 aliphatic heterocycles. The summed E-state index contributed by atoms with van der Waals surface area (Å²) < 4.78 is 27.5. The van der Waals surface area contributed by atoms with Crippen molar-refractivity contribution in [2.75, 3.05) is 10.6 Å². The molecule has 1 aromatic heterocycles. The van der Waals surface area contributed by atoms with E-state index in [1.54, 1.807) is 25.1 Å². The molecule has 0 bridgehead atoms. The molecule has 0 saturated carbocycles. The highest BCUT2D eigenvalue weighted by molar-refractivity contribution is 6.33. The predicted octanol–water partition coefficient (Wildman–Crippen LogP) is 5.20. The maximum absolute atomic E-state index is 13.7. The van der Waals surface area contributed by atoms with Gasteiger partial charge in [-0.2, -0.15) is 4.98 Å². The molecule has 0 unspecified atom stereocenters. The van der Waals surface area contributed by atoms with Gasteiger partial charge in [0.1, 0.15) is 23.1 Å². The highest BCUT2D eigenvalue weighted by Gasteiger charge is 2.11. The van der Waals surface area contributed by atoms with Gasteiger partial charge in [0.25, 0.3) is 0 Å². The van der Waals surface area contributed by atoms with Gasteiger partial charge in [-0.1, -0.05) is 29.8 Å². The molecule has 0 aliphatic carbocycles. The van der Waals surface area contributed by atoms with Gasteiger partial charge in [0.2, 0.25) is 5.95 Å². The second-order valence-electron chi connectivity index (χ2n) is 5.04. The van der Waals surface area contributed by atoms with E-state index in [-0.39, 0.29) is 11.6 Å². The zero-order valence-electron chi connectivity index (χ0n) is 12.6. The van der Waals surface area contributed by atoms with Gasteiger partial charge in [-0.25, -0.2) is 13.8 Å². The van der Waals surface area contributed by atoms with Crippen molar-refractivity contribution in [3.63, 3.8) is 0 Å². The van der Waals surface area contributed by atoms with E-state index < -0.39 is 11.6 Å². The van der Waals surface area contributed by atoms with Crippen LogP contribution in [0.15, 0.2) is 48.5 Å². The Bertz CT molecular complexity index is 866. The number of para-hydroxylation sites is 2. The van der Waals surface area contributed by atoms with Crippen LogP contribution in [-0.2, 0) is 0 Å². The molecule has 3 rings (SSSR count). The van der Waals surface area contributed by atoms with Gasteiger partial charge >= 0.3 is 0 Å². The van der Waals surface area contributed by atoms with Crippen LogP contribution in [-0.4, -0.2) is 9.97 Å². The molecule has 0 saturated heterocycles. The van der Waals surface area contributed by atoms with Crippen molar-refractivity contribution in [1.82, 2.24) is 9.97 Å². The molecule has 24 heavy (non-hydrogen) atoms. The van der Waals surface area contributed by atoms with Crippen LogP contribution >= 0.6 is 11.6 Å². The van der Waals surface area contributed by atoms with Crippen molar-refractivity contribution < 1.29 is 8.78 Å². The number of rotatable bonds is 4. The number of benzene rings is 2. The highest BCUT2D eigenvalue weighted by atomic mass is 35.5. The molecule has 2 N–H and O–H groups in total. The van der Waals surface area contributed by atoms with Gasteiger partial charge in [0.15, 0.2) is 0 Å². The lowest BCUT2D eigenvalue weighted by atomic mass is 10.3. The molecule has 0 radical (unpaired) electrons. The van der Waals surface area contributed by atoms with Gasteiger partial charge in [-0.05, 0) is 31.2 Å². The van der Waals surface area contributed by atoms with E-state index in [1.807, 2.05) is 12.1 Å². The molecule has 0 amide bonds. The molecule has 0 aliphatic rings. The average Bonchev–Trinajstić information content (AvgIpc) is 2.53. The lowest BCUT2D eigenvalue weighted by Crippen LogP contribution is -2.05. The lowest BCUT2D eigenvalue weighted by Gasteiger charge is -2.11. The fraction of sp³-hybridized carbons (Fsp3) is 0.0588. The van der Waals surface area contributed by atoms with Crippen molar-refractivity contribution in [2.45, 2.75) is 6.92 Å². The molecule has 3 aromatic rings. The topological polar surface area (TPSA) is 49.8 Å². The molecule has 7 heteroatoms. The summed E-state index contributed by atoms with van der Waals surface area (Å²) in [5, 5.41) is 6.17. The second-order valence-corrected chi connectivity index (χ2v) is 5.45. The molecular formula is C17H13ClF2N4. The summed E-state index contributed by atoms with van der Waals surface area (Å²) in [5.41, 5.74) is 0.992. The minimum atomic E-state index is -0.722. The number of aromatic nitrogens is 2. The van der Waals surface area contributed by atoms with Crippen molar-refractivity contribution >= 4 is 34.7 Å². The number of nitrogens with zero attached hydrogens (tertiary/aromatic N) is 2. The Hall–Kier alpha value is -2.73. The number of halogens is 3. The van der Waals surface area contributed by atoms with E-state index in [4.69, 9.17) is 11.6 Å². The first-order chi connectivity index (χ1) is 11.5. The first kappa shape index (κ1) is 16.1. The van der Waals surface area contributed by atoms with E-state index in [0.717, 1.165) is 12.1 Å². The quantitative estimate of drug-likeness (QED) is 0.681. The van der Waals surface area contributed by atoms with Crippen LogP contribution in [0.4, 0.5) is 31.9 Å². The Morgan fingerprint density at radius 2 is 1.62 bits per heavy atom. The third-order valence-electron chi connectivity index (χ3n) is 3.19. The van der Waals surface area contributed by atoms with Crippen molar-refractivity contribution in [3.05, 3.63) is 70.9 Å². The second kappa shape index (κ2) is 6.80. The summed E-state index contributed by atoms with van der Waals surface area (Å²) in [7, 11) is 0. The van der Waals surface area contributed by atoms with E-state index in [0.29, 0.717) is 22.2 Å². The van der Waals surface area contributed by atoms with E-state index >= 15 is 0 Å². The molecule has 4 nitrogen and oxygen atoms in total. The van der Waals surface area contributed by atoms with E-state index in [9.17, 15) is 8.78 Å². The molecule has 0 fully saturated rings. The van der Waals surface area contributed by atoms with Crippen LogP contribution in [0.25, 0.3) is 0 Å². The third kappa shape index (κ3) is 3.60. The van der Waals surface area contributed by atoms with E-state index in [1.165, 1.54) is 6.07 Å². The average molecular weight is 347 g/mol. The SMILES string of the molecule is Cc1cc(Nc2ccccc2Cl)nc(Nc2c(F)cccc2F)n1. The monoisotopic (exact) mass is 346 g/mol. The minimum Gasteiger partial charge on any atom is -0.339 e. The minimum absolute atomic E-state index is 0.0774. The van der Waals surface area contributed by atoms with Gasteiger partial charge in [-0.15, -0.1) is 0 Å². The third-order valence-corrected chi connectivity index (χ3v) is 3.52. The van der Waals surface area contributed by atoms with Crippen molar-refractivity contribution in [3.8, 4) is 0 Å². The molecule has 0 spiro atoms. The zero-order valence-corrected chi connectivity index (χ0v) is 13.4. The Kier molecular flexibility index (Phi) is 4.57. The van der Waals surface area contributed by atoms with Crippen molar-refractivity contribution in [1.29, 1.82) is 0 Å². The van der Waals surface area contributed by atoms with Crippen LogP contribution in [0.2, 0.25) is 5.02 Å². The lowest BCUT2D eigenvalue weighted by molar-refractivity contribution is 0.590. The summed E-state index contributed by atoms with van der Waals surface area (Å²) in [4.78, 5) is 8.37. The standard InChI is InChI=1S/C17H13ClF2N4/c1-10-9-15(22-14-8-3-2-5-11(14)18)23-17(21-10)24-16-12(19)6-4-7-13(16)20/h2-9H,1H3,(H2,21,22,23,24). The number of anilines is 4. The molecule has 122 valence electrons. The van der Waals surface area contributed by atoms with E-state index in [2.05, 4.69) is 20.6 Å². The van der Waals surface area contributed by atoms with Gasteiger partial charge in [0.05, 0.1) is 10.7 Å². The molecule has 0 atom stereocenters. The summed E-state index contributed by atoms with van der Waals surface area (Å²) in [5.74, 6) is -0.912. The smallest absolute Gasteiger partial charge is 0.229 e. The fourth-order valence-corrected chi connectivity index (χ4v) is 2.30. The Morgan fingerprint density at radius 3 is 2.33 bits per heavy atom. The first-order valence-electron chi connectivity index (χ1n) is 7.11. The van der Waals surface area contributed by atoms with Crippen LogP contribution < -0.4 is 10.6 Å². The Balaban J connectivity index is 1.91. The summed E-state index contributed by atoms with van der Waals surface area (Å²) in [6, 6.07) is 12.5. The Labute approximate surface area is 142 Å². The number of hydrogen-bond donors (Lipinski definition) is 2. The van der Waals surface area contributed by atoms with Crippen LogP contribution in [0.5, 0.6) is 0 Å². The van der Waals surface area contributed by atoms with Gasteiger partial charge in [0, 0.05) is 11.8 Å². The van der Waals surface area contributed by atoms with Crippen LogP contribution in [0, 0.1) is 18.6 Å². The number of nitrogens with one attached hydrogen (secondary N) is 2. The largest absolute Gasteiger partial charge is 0.339 e. The normalized spacial score (nSPS) is 10.5. The molecule has 2 aromatic carbocycles. The number of aryl methyl sites for hydroxylation is 1. The maximum atomic E-state index is 13.7. The van der Waals surface area contributed by atoms with Crippen LogP contribution in [0.1, 0.15) is 5.69 Å². The first-order valence-corrected chi connectivity index (χ1v) is 7.49. The van der Waals surface area contributed by atoms with Crippen LogP contribution in [0.3, 0.4) is 0 Å². The number of hydrogen-bond acceptors (Lipinski definition) is 4. The zero-order chi connectivity index (χ0) is 17.1. The maximum Gasteiger partial charge on any atom is 0.229 e. The van der Waals surface area contributed by atoms with Gasteiger partial charge in [-0.3, -0.25) is 0 Å². The fourth-order valence-electron chi connectivity index (χ4n) is 2.12. The molecule has 1 heterocycles. The van der Waals surface area contributed by atoms with Gasteiger partial charge < -0.3 is 10.6 Å². The summed E-state index contributed by atoms with van der Waals surface area (Å²) in [6.45, 7) is 1.75. The van der Waals surface area contributed by atoms with Crippen molar-refractivity contribution in [2.24, 2.45) is 0 Å². The summed E-state index contributed by atoms with van der Waals surface area (Å²) >= 11 is 6.10.